The zero-order valence-corrected chi connectivity index (χ0v) is 13.0. The van der Waals surface area contributed by atoms with Gasteiger partial charge in [-0.25, -0.2) is 0 Å². The first-order valence-corrected chi connectivity index (χ1v) is 7.44. The van der Waals surface area contributed by atoms with E-state index in [4.69, 9.17) is 5.73 Å². The molecule has 0 saturated heterocycles. The molecule has 0 fully saturated rings. The summed E-state index contributed by atoms with van der Waals surface area (Å²) in [7, 11) is 0. The lowest BCUT2D eigenvalue weighted by molar-refractivity contribution is 0.583. The van der Waals surface area contributed by atoms with E-state index in [0.717, 1.165) is 25.1 Å². The van der Waals surface area contributed by atoms with Gasteiger partial charge in [-0.3, -0.25) is 4.68 Å². The predicted molar refractivity (Wildman–Crippen MR) is 83.8 cm³/mol. The maximum atomic E-state index is 6.46. The Morgan fingerprint density at radius 2 is 1.85 bits per heavy atom. The standard InChI is InChI=1S/C17H25N3/c1-5-14-10-15(20(6-2)19-14)11-16(18)17-12(3)8-7-9-13(17)4/h7-10,16H,5-6,11,18H2,1-4H3. The van der Waals surface area contributed by atoms with Gasteiger partial charge in [-0.15, -0.1) is 0 Å². The lowest BCUT2D eigenvalue weighted by atomic mass is 9.94. The van der Waals surface area contributed by atoms with Gasteiger partial charge in [0.05, 0.1) is 5.69 Å². The summed E-state index contributed by atoms with van der Waals surface area (Å²) in [6.45, 7) is 9.43. The van der Waals surface area contributed by atoms with Gasteiger partial charge in [0.2, 0.25) is 0 Å². The van der Waals surface area contributed by atoms with Crippen molar-refractivity contribution >= 4 is 0 Å². The van der Waals surface area contributed by atoms with Crippen LogP contribution in [0.15, 0.2) is 24.3 Å². The van der Waals surface area contributed by atoms with E-state index in [1.807, 2.05) is 0 Å². The molecule has 0 radical (unpaired) electrons. The van der Waals surface area contributed by atoms with E-state index in [1.165, 1.54) is 22.4 Å². The lowest BCUT2D eigenvalue weighted by Gasteiger charge is -2.18. The zero-order valence-electron chi connectivity index (χ0n) is 13.0. The highest BCUT2D eigenvalue weighted by Gasteiger charge is 2.15. The van der Waals surface area contributed by atoms with Crippen LogP contribution in [0.1, 0.15) is 48.0 Å². The molecule has 1 aromatic carbocycles. The monoisotopic (exact) mass is 271 g/mol. The van der Waals surface area contributed by atoms with Crippen molar-refractivity contribution in [2.75, 3.05) is 0 Å². The second-order valence-electron chi connectivity index (χ2n) is 5.41. The molecule has 1 unspecified atom stereocenters. The molecule has 3 heteroatoms. The SMILES string of the molecule is CCc1cc(CC(N)c2c(C)cccc2C)n(CC)n1. The first kappa shape index (κ1) is 14.8. The number of aryl methyl sites for hydroxylation is 4. The van der Waals surface area contributed by atoms with Crippen molar-refractivity contribution in [3.8, 4) is 0 Å². The van der Waals surface area contributed by atoms with E-state index in [-0.39, 0.29) is 6.04 Å². The van der Waals surface area contributed by atoms with Crippen molar-refractivity contribution < 1.29 is 0 Å². The lowest BCUT2D eigenvalue weighted by Crippen LogP contribution is -2.18. The molecular weight excluding hydrogens is 246 g/mol. The third kappa shape index (κ3) is 2.93. The highest BCUT2D eigenvalue weighted by molar-refractivity contribution is 5.36. The Morgan fingerprint density at radius 1 is 1.20 bits per heavy atom. The van der Waals surface area contributed by atoms with Crippen LogP contribution in [0, 0.1) is 13.8 Å². The Bertz CT molecular complexity index is 564. The molecule has 0 aliphatic carbocycles. The minimum absolute atomic E-state index is 0.0305. The van der Waals surface area contributed by atoms with E-state index in [1.54, 1.807) is 0 Å². The second kappa shape index (κ2) is 6.23. The summed E-state index contributed by atoms with van der Waals surface area (Å²) in [6, 6.07) is 8.58. The maximum Gasteiger partial charge on any atom is 0.0624 e. The molecule has 2 aromatic rings. The number of nitrogens with zero attached hydrogens (tertiary/aromatic N) is 2. The normalized spacial score (nSPS) is 12.7. The van der Waals surface area contributed by atoms with Crippen LogP contribution >= 0.6 is 0 Å². The quantitative estimate of drug-likeness (QED) is 0.906. The molecule has 0 bridgehead atoms. The molecular formula is C17H25N3. The Morgan fingerprint density at radius 3 is 2.40 bits per heavy atom. The minimum atomic E-state index is 0.0305. The van der Waals surface area contributed by atoms with Crippen molar-refractivity contribution in [2.24, 2.45) is 5.73 Å². The van der Waals surface area contributed by atoms with Crippen LogP contribution in [-0.4, -0.2) is 9.78 Å². The van der Waals surface area contributed by atoms with Gasteiger partial charge in [0.15, 0.2) is 0 Å². The first-order valence-electron chi connectivity index (χ1n) is 7.44. The highest BCUT2D eigenvalue weighted by atomic mass is 15.3. The van der Waals surface area contributed by atoms with Crippen LogP contribution < -0.4 is 5.73 Å². The number of nitrogens with two attached hydrogens (primary N) is 1. The number of hydrogen-bond acceptors (Lipinski definition) is 2. The Hall–Kier alpha value is -1.61. The van der Waals surface area contributed by atoms with Gasteiger partial charge in [0, 0.05) is 24.7 Å². The molecule has 3 nitrogen and oxygen atoms in total. The number of hydrogen-bond donors (Lipinski definition) is 1. The van der Waals surface area contributed by atoms with Crippen molar-refractivity contribution in [3.05, 3.63) is 52.3 Å². The zero-order chi connectivity index (χ0) is 14.7. The molecule has 2 rings (SSSR count). The van der Waals surface area contributed by atoms with Crippen LogP contribution in [0.2, 0.25) is 0 Å². The van der Waals surface area contributed by atoms with Gasteiger partial charge >= 0.3 is 0 Å². The molecule has 0 aliphatic heterocycles. The summed E-state index contributed by atoms with van der Waals surface area (Å²) in [5, 5.41) is 4.60. The van der Waals surface area contributed by atoms with Crippen LogP contribution in [0.5, 0.6) is 0 Å². The summed E-state index contributed by atoms with van der Waals surface area (Å²) in [6.07, 6.45) is 1.81. The van der Waals surface area contributed by atoms with Gasteiger partial charge in [0.25, 0.3) is 0 Å². The fourth-order valence-electron chi connectivity index (χ4n) is 2.87. The Labute approximate surface area is 121 Å². The fourth-order valence-corrected chi connectivity index (χ4v) is 2.87. The van der Waals surface area contributed by atoms with E-state index in [0.29, 0.717) is 0 Å². The first-order chi connectivity index (χ1) is 9.56. The van der Waals surface area contributed by atoms with Crippen molar-refractivity contribution in [1.82, 2.24) is 9.78 Å². The molecule has 2 N–H and O–H groups in total. The topological polar surface area (TPSA) is 43.8 Å². The molecule has 20 heavy (non-hydrogen) atoms. The Kier molecular flexibility index (Phi) is 4.61. The van der Waals surface area contributed by atoms with Crippen molar-refractivity contribution in [1.29, 1.82) is 0 Å². The molecule has 108 valence electrons. The van der Waals surface area contributed by atoms with Crippen molar-refractivity contribution in [2.45, 2.75) is 53.1 Å². The Balaban J connectivity index is 2.27. The predicted octanol–water partition coefficient (Wildman–Crippen LogP) is 3.32. The van der Waals surface area contributed by atoms with Crippen LogP contribution in [0.3, 0.4) is 0 Å². The third-order valence-electron chi connectivity index (χ3n) is 3.92. The van der Waals surface area contributed by atoms with Gasteiger partial charge in [-0.05, 0) is 49.9 Å². The number of aromatic nitrogens is 2. The minimum Gasteiger partial charge on any atom is -0.324 e. The van der Waals surface area contributed by atoms with Gasteiger partial charge in [-0.2, -0.15) is 5.10 Å². The van der Waals surface area contributed by atoms with Gasteiger partial charge < -0.3 is 5.73 Å². The largest absolute Gasteiger partial charge is 0.324 e. The molecule has 0 saturated carbocycles. The molecule has 1 aromatic heterocycles. The number of benzene rings is 1. The maximum absolute atomic E-state index is 6.46. The molecule has 0 amide bonds. The molecule has 0 aliphatic rings. The van der Waals surface area contributed by atoms with E-state index < -0.39 is 0 Å². The van der Waals surface area contributed by atoms with Gasteiger partial charge in [-0.1, -0.05) is 25.1 Å². The average Bonchev–Trinajstić information content (AvgIpc) is 2.80. The molecule has 1 heterocycles. The second-order valence-corrected chi connectivity index (χ2v) is 5.41. The van der Waals surface area contributed by atoms with Crippen LogP contribution in [-0.2, 0) is 19.4 Å². The summed E-state index contributed by atoms with van der Waals surface area (Å²) in [4.78, 5) is 0. The molecule has 1 atom stereocenters. The highest BCUT2D eigenvalue weighted by Crippen LogP contribution is 2.23. The van der Waals surface area contributed by atoms with E-state index in [9.17, 15) is 0 Å². The van der Waals surface area contributed by atoms with Crippen LogP contribution in [0.25, 0.3) is 0 Å². The van der Waals surface area contributed by atoms with Crippen molar-refractivity contribution in [3.63, 3.8) is 0 Å². The summed E-state index contributed by atoms with van der Waals surface area (Å²) in [5.74, 6) is 0. The summed E-state index contributed by atoms with van der Waals surface area (Å²) >= 11 is 0. The van der Waals surface area contributed by atoms with Crippen LogP contribution in [0.4, 0.5) is 0 Å². The smallest absolute Gasteiger partial charge is 0.0624 e. The summed E-state index contributed by atoms with van der Waals surface area (Å²) < 4.78 is 2.08. The summed E-state index contributed by atoms with van der Waals surface area (Å²) in [5.41, 5.74) is 12.7. The number of rotatable bonds is 5. The van der Waals surface area contributed by atoms with E-state index >= 15 is 0 Å². The third-order valence-corrected chi connectivity index (χ3v) is 3.92. The molecule has 0 spiro atoms. The van der Waals surface area contributed by atoms with Gasteiger partial charge in [0.1, 0.15) is 0 Å². The average molecular weight is 271 g/mol. The fraction of sp³-hybridized carbons (Fsp3) is 0.471. The van der Waals surface area contributed by atoms with E-state index in [2.05, 4.69) is 61.7 Å².